The smallest absolute Gasteiger partial charge is 0.335 e. The number of carboxylic acid groups (broad SMARTS) is 1. The van der Waals surface area contributed by atoms with Crippen LogP contribution in [0.15, 0.2) is 18.2 Å². The zero-order chi connectivity index (χ0) is 14.9. The lowest BCUT2D eigenvalue weighted by Gasteiger charge is -2.35. The fourth-order valence-corrected chi connectivity index (χ4v) is 2.42. The van der Waals surface area contributed by atoms with E-state index in [1.165, 1.54) is 12.1 Å². The number of nitro groups is 1. The van der Waals surface area contributed by atoms with Crippen molar-refractivity contribution in [3.05, 3.63) is 33.9 Å². The third-order valence-corrected chi connectivity index (χ3v) is 3.62. The lowest BCUT2D eigenvalue weighted by atomic mass is 9.96. The van der Waals surface area contributed by atoms with Crippen LogP contribution in [0, 0.1) is 16.0 Å². The number of aliphatic hydroxyl groups is 1. The largest absolute Gasteiger partial charge is 0.478 e. The summed E-state index contributed by atoms with van der Waals surface area (Å²) < 4.78 is 0. The number of nitro benzene ring substituents is 1. The molecule has 1 aromatic rings. The number of hydrogen-bond donors (Lipinski definition) is 2. The highest BCUT2D eigenvalue weighted by atomic mass is 16.6. The van der Waals surface area contributed by atoms with Crippen molar-refractivity contribution in [1.82, 2.24) is 0 Å². The maximum Gasteiger partial charge on any atom is 0.335 e. The van der Waals surface area contributed by atoms with Crippen LogP contribution < -0.4 is 4.90 Å². The Bertz CT molecular complexity index is 546. The Labute approximate surface area is 115 Å². The summed E-state index contributed by atoms with van der Waals surface area (Å²) in [7, 11) is 0. The van der Waals surface area contributed by atoms with Crippen LogP contribution in [0.4, 0.5) is 11.4 Å². The molecule has 0 aromatic heterocycles. The number of benzene rings is 1. The third kappa shape index (κ3) is 2.72. The minimum absolute atomic E-state index is 0.0162. The van der Waals surface area contributed by atoms with Gasteiger partial charge in [0.2, 0.25) is 0 Å². The Balaban J connectivity index is 2.36. The first kappa shape index (κ1) is 14.3. The molecule has 7 nitrogen and oxygen atoms in total. The number of aromatic carboxylic acids is 1. The predicted octanol–water partition coefficient (Wildman–Crippen LogP) is 1.50. The summed E-state index contributed by atoms with van der Waals surface area (Å²) in [5.41, 5.74) is 0.0813. The molecule has 0 radical (unpaired) electrons. The minimum Gasteiger partial charge on any atom is -0.478 e. The number of carbonyl (C=O) groups is 1. The molecule has 1 fully saturated rings. The monoisotopic (exact) mass is 280 g/mol. The van der Waals surface area contributed by atoms with Gasteiger partial charge in [-0.15, -0.1) is 0 Å². The van der Waals surface area contributed by atoms with Gasteiger partial charge in [-0.3, -0.25) is 10.1 Å². The quantitative estimate of drug-likeness (QED) is 0.642. The van der Waals surface area contributed by atoms with Crippen LogP contribution in [0.1, 0.15) is 23.7 Å². The van der Waals surface area contributed by atoms with Gasteiger partial charge in [-0.05, 0) is 24.5 Å². The number of piperidine rings is 1. The third-order valence-electron chi connectivity index (χ3n) is 3.62. The van der Waals surface area contributed by atoms with Crippen molar-refractivity contribution in [3.8, 4) is 0 Å². The van der Waals surface area contributed by atoms with Crippen LogP contribution in [0.5, 0.6) is 0 Å². The first-order valence-corrected chi connectivity index (χ1v) is 6.35. The van der Waals surface area contributed by atoms with E-state index >= 15 is 0 Å². The Hall–Kier alpha value is -2.15. The van der Waals surface area contributed by atoms with Crippen LogP contribution in [0.25, 0.3) is 0 Å². The normalized spacial score (nSPS) is 22.6. The fourth-order valence-electron chi connectivity index (χ4n) is 2.42. The molecule has 2 unspecified atom stereocenters. The molecule has 1 aliphatic heterocycles. The Morgan fingerprint density at radius 1 is 1.50 bits per heavy atom. The summed E-state index contributed by atoms with van der Waals surface area (Å²) >= 11 is 0. The SMILES string of the molecule is CC1CN(c2ccc(C(=O)O)cc2[N+](=O)[O-])CCC1O. The number of aliphatic hydroxyl groups excluding tert-OH is 1. The Morgan fingerprint density at radius 2 is 2.20 bits per heavy atom. The lowest BCUT2D eigenvalue weighted by Crippen LogP contribution is -2.42. The highest BCUT2D eigenvalue weighted by Crippen LogP contribution is 2.32. The van der Waals surface area contributed by atoms with Crippen LogP contribution in [-0.4, -0.2) is 40.3 Å². The molecule has 7 heteroatoms. The molecule has 2 rings (SSSR count). The molecule has 0 saturated carbocycles. The zero-order valence-electron chi connectivity index (χ0n) is 11.0. The van der Waals surface area contributed by atoms with Crippen molar-refractivity contribution in [3.63, 3.8) is 0 Å². The first-order valence-electron chi connectivity index (χ1n) is 6.35. The second-order valence-corrected chi connectivity index (χ2v) is 5.05. The van der Waals surface area contributed by atoms with Gasteiger partial charge in [0.05, 0.1) is 16.6 Å². The van der Waals surface area contributed by atoms with Crippen LogP contribution in [0.3, 0.4) is 0 Å². The van der Waals surface area contributed by atoms with E-state index in [1.54, 1.807) is 0 Å². The Kier molecular flexibility index (Phi) is 3.89. The number of hydrogen-bond acceptors (Lipinski definition) is 5. The minimum atomic E-state index is -1.19. The molecule has 0 spiro atoms. The highest BCUT2D eigenvalue weighted by Gasteiger charge is 2.28. The van der Waals surface area contributed by atoms with E-state index in [9.17, 15) is 20.0 Å². The van der Waals surface area contributed by atoms with Gasteiger partial charge < -0.3 is 15.1 Å². The van der Waals surface area contributed by atoms with Crippen LogP contribution in [-0.2, 0) is 0 Å². The summed E-state index contributed by atoms with van der Waals surface area (Å²) in [4.78, 5) is 23.3. The van der Waals surface area contributed by atoms with Crippen LogP contribution >= 0.6 is 0 Å². The van der Waals surface area contributed by atoms with Crippen molar-refractivity contribution >= 4 is 17.3 Å². The van der Waals surface area contributed by atoms with Crippen LogP contribution in [0.2, 0.25) is 0 Å². The number of anilines is 1. The molecular formula is C13H16N2O5. The summed E-state index contributed by atoms with van der Waals surface area (Å²) in [5, 5.41) is 29.7. The van der Waals surface area contributed by atoms with Crippen molar-refractivity contribution in [2.24, 2.45) is 5.92 Å². The maximum atomic E-state index is 11.1. The average Bonchev–Trinajstić information content (AvgIpc) is 2.41. The fraction of sp³-hybridized carbons (Fsp3) is 0.462. The molecule has 0 bridgehead atoms. The summed E-state index contributed by atoms with van der Waals surface area (Å²) in [6.45, 7) is 2.90. The summed E-state index contributed by atoms with van der Waals surface area (Å²) in [5.74, 6) is -1.18. The summed E-state index contributed by atoms with van der Waals surface area (Å²) in [6, 6.07) is 3.90. The lowest BCUT2D eigenvalue weighted by molar-refractivity contribution is -0.384. The number of carboxylic acids is 1. The van der Waals surface area contributed by atoms with Gasteiger partial charge in [-0.2, -0.15) is 0 Å². The molecular weight excluding hydrogens is 264 g/mol. The molecule has 108 valence electrons. The maximum absolute atomic E-state index is 11.1. The van der Waals surface area contributed by atoms with E-state index in [-0.39, 0.29) is 17.2 Å². The van der Waals surface area contributed by atoms with Gasteiger partial charge in [0, 0.05) is 19.2 Å². The standard InChI is InChI=1S/C13H16N2O5/c1-8-7-14(5-4-12(8)16)10-3-2-9(13(17)18)6-11(10)15(19)20/h2-3,6,8,12,16H,4-5,7H2,1H3,(H,17,18). The molecule has 1 heterocycles. The average molecular weight is 280 g/mol. The van der Waals surface area contributed by atoms with Gasteiger partial charge in [0.1, 0.15) is 5.69 Å². The first-order chi connectivity index (χ1) is 9.40. The zero-order valence-corrected chi connectivity index (χ0v) is 11.0. The van der Waals surface area contributed by atoms with E-state index in [1.807, 2.05) is 11.8 Å². The molecule has 2 atom stereocenters. The molecule has 1 saturated heterocycles. The highest BCUT2D eigenvalue weighted by molar-refractivity contribution is 5.89. The number of nitrogens with zero attached hydrogens (tertiary/aromatic N) is 2. The molecule has 1 aromatic carbocycles. The van der Waals surface area contributed by atoms with Crippen molar-refractivity contribution in [2.45, 2.75) is 19.4 Å². The van der Waals surface area contributed by atoms with E-state index in [4.69, 9.17) is 5.11 Å². The number of rotatable bonds is 3. The molecule has 2 N–H and O–H groups in total. The molecule has 0 aliphatic carbocycles. The van der Waals surface area contributed by atoms with Gasteiger partial charge in [-0.1, -0.05) is 6.92 Å². The second kappa shape index (κ2) is 5.46. The molecule has 0 amide bonds. The van der Waals surface area contributed by atoms with Gasteiger partial charge >= 0.3 is 5.97 Å². The second-order valence-electron chi connectivity index (χ2n) is 5.05. The predicted molar refractivity (Wildman–Crippen MR) is 72.1 cm³/mol. The van der Waals surface area contributed by atoms with Crippen molar-refractivity contribution in [1.29, 1.82) is 0 Å². The van der Waals surface area contributed by atoms with Gasteiger partial charge in [0.15, 0.2) is 0 Å². The van der Waals surface area contributed by atoms with Gasteiger partial charge in [-0.25, -0.2) is 4.79 Å². The van der Waals surface area contributed by atoms with Crippen molar-refractivity contribution in [2.75, 3.05) is 18.0 Å². The van der Waals surface area contributed by atoms with Crippen molar-refractivity contribution < 1.29 is 19.9 Å². The van der Waals surface area contributed by atoms with E-state index in [0.29, 0.717) is 25.2 Å². The molecule has 20 heavy (non-hydrogen) atoms. The van der Waals surface area contributed by atoms with E-state index < -0.39 is 17.0 Å². The van der Waals surface area contributed by atoms with E-state index in [0.717, 1.165) is 6.07 Å². The van der Waals surface area contributed by atoms with E-state index in [2.05, 4.69) is 0 Å². The topological polar surface area (TPSA) is 104 Å². The molecule has 1 aliphatic rings. The Morgan fingerprint density at radius 3 is 2.75 bits per heavy atom. The summed E-state index contributed by atoms with van der Waals surface area (Å²) in [6.07, 6.45) is 0.141. The van der Waals surface area contributed by atoms with Gasteiger partial charge in [0.25, 0.3) is 5.69 Å².